The lowest BCUT2D eigenvalue weighted by atomic mass is 9.94. The van der Waals surface area contributed by atoms with Crippen LogP contribution in [0.25, 0.3) is 0 Å². The second-order valence-corrected chi connectivity index (χ2v) is 6.27. The zero-order valence-corrected chi connectivity index (χ0v) is 9.52. The van der Waals surface area contributed by atoms with Gasteiger partial charge >= 0.3 is 5.97 Å². The quantitative estimate of drug-likeness (QED) is 0.707. The van der Waals surface area contributed by atoms with Gasteiger partial charge in [-0.3, -0.25) is 4.79 Å². The fraction of sp³-hybridized carbons (Fsp3) is 0.875. The Balaban J connectivity index is 4.03. The highest BCUT2D eigenvalue weighted by Crippen LogP contribution is 2.18. The molecule has 0 amide bonds. The summed E-state index contributed by atoms with van der Waals surface area (Å²) in [7, 11) is -3.44. The average Bonchev–Trinajstić information content (AvgIpc) is 1.97. The molecule has 0 aromatic carbocycles. The number of rotatable bonds is 5. The minimum Gasteiger partial charge on any atom is -0.480 e. The molecule has 0 aliphatic rings. The number of carboxylic acids is 1. The Labute approximate surface area is 84.6 Å². The minimum atomic E-state index is -3.44. The topological polar surface area (TPSA) is 83.5 Å². The number of hydrogen-bond acceptors (Lipinski definition) is 3. The smallest absolute Gasteiger partial charge is 0.318 e. The van der Waals surface area contributed by atoms with Gasteiger partial charge in [-0.25, -0.2) is 13.1 Å². The Hall–Kier alpha value is -0.620. The summed E-state index contributed by atoms with van der Waals surface area (Å²) in [4.78, 5) is 10.1. The molecule has 6 heteroatoms. The lowest BCUT2D eigenvalue weighted by molar-refractivity contribution is -0.135. The first-order valence-corrected chi connectivity index (χ1v) is 5.97. The average molecular weight is 223 g/mol. The van der Waals surface area contributed by atoms with Gasteiger partial charge in [0.25, 0.3) is 0 Å². The molecule has 0 heterocycles. The molecule has 0 fully saturated rings. The van der Waals surface area contributed by atoms with Crippen LogP contribution in [0.4, 0.5) is 0 Å². The highest BCUT2D eigenvalue weighted by molar-refractivity contribution is 7.89. The number of aliphatic carboxylic acids is 1. The fourth-order valence-electron chi connectivity index (χ4n) is 0.684. The summed E-state index contributed by atoms with van der Waals surface area (Å²) >= 11 is 0. The summed E-state index contributed by atoms with van der Waals surface area (Å²) < 4.78 is 24.4. The number of nitrogens with one attached hydrogen (secondary N) is 1. The molecular formula is C8H17NO4S. The van der Waals surface area contributed by atoms with Crippen LogP contribution in [0.3, 0.4) is 0 Å². The van der Waals surface area contributed by atoms with Gasteiger partial charge < -0.3 is 5.11 Å². The second-order valence-electron chi connectivity index (χ2n) is 4.34. The molecule has 5 nitrogen and oxygen atoms in total. The maximum absolute atomic E-state index is 11.2. The van der Waals surface area contributed by atoms with Crippen LogP contribution < -0.4 is 4.72 Å². The van der Waals surface area contributed by atoms with E-state index in [2.05, 4.69) is 0 Å². The predicted molar refractivity (Wildman–Crippen MR) is 53.5 cm³/mol. The van der Waals surface area contributed by atoms with Crippen molar-refractivity contribution < 1.29 is 18.3 Å². The monoisotopic (exact) mass is 223 g/mol. The Kier molecular flexibility index (Phi) is 4.54. The van der Waals surface area contributed by atoms with E-state index in [4.69, 9.17) is 5.11 Å². The maximum atomic E-state index is 11.2. The van der Waals surface area contributed by atoms with E-state index in [0.717, 1.165) is 0 Å². The van der Waals surface area contributed by atoms with E-state index in [-0.39, 0.29) is 11.2 Å². The van der Waals surface area contributed by atoms with Crippen molar-refractivity contribution in [2.24, 2.45) is 5.41 Å². The third-order valence-corrected chi connectivity index (χ3v) is 2.89. The first-order chi connectivity index (χ1) is 6.12. The van der Waals surface area contributed by atoms with Crippen molar-refractivity contribution >= 4 is 16.0 Å². The molecule has 0 aliphatic heterocycles. The zero-order chi connectivity index (χ0) is 11.4. The van der Waals surface area contributed by atoms with Crippen LogP contribution in [0.1, 0.15) is 27.2 Å². The molecule has 0 aliphatic carbocycles. The van der Waals surface area contributed by atoms with Crippen LogP contribution in [0.15, 0.2) is 0 Å². The first kappa shape index (κ1) is 13.4. The largest absolute Gasteiger partial charge is 0.480 e. The Morgan fingerprint density at radius 2 is 1.86 bits per heavy atom. The molecule has 0 aromatic heterocycles. The Bertz CT molecular complexity index is 289. The van der Waals surface area contributed by atoms with E-state index in [9.17, 15) is 13.2 Å². The molecule has 84 valence electrons. The Morgan fingerprint density at radius 1 is 1.36 bits per heavy atom. The predicted octanol–water partition coefficient (Wildman–Crippen LogP) is 0.427. The minimum absolute atomic E-state index is 0.0379. The number of sulfonamides is 1. The van der Waals surface area contributed by atoms with Crippen LogP contribution in [0.5, 0.6) is 0 Å². The molecule has 0 spiro atoms. The van der Waals surface area contributed by atoms with Crippen LogP contribution in [-0.4, -0.2) is 31.8 Å². The summed E-state index contributed by atoms with van der Waals surface area (Å²) in [5.41, 5.74) is -0.0715. The van der Waals surface area contributed by atoms with E-state index in [0.29, 0.717) is 6.42 Å². The summed E-state index contributed by atoms with van der Waals surface area (Å²) in [5, 5.41) is 8.28. The summed E-state index contributed by atoms with van der Waals surface area (Å²) in [6.45, 7) is 5.24. The van der Waals surface area contributed by atoms with Gasteiger partial charge in [0.15, 0.2) is 0 Å². The van der Waals surface area contributed by atoms with Crippen LogP contribution >= 0.6 is 0 Å². The van der Waals surface area contributed by atoms with Crippen molar-refractivity contribution in [1.82, 2.24) is 4.72 Å². The molecule has 0 unspecified atom stereocenters. The molecule has 14 heavy (non-hydrogen) atoms. The normalized spacial score (nSPS) is 12.8. The van der Waals surface area contributed by atoms with Crippen molar-refractivity contribution in [3.05, 3.63) is 0 Å². The highest BCUT2D eigenvalue weighted by Gasteiger charge is 2.17. The fourth-order valence-corrected chi connectivity index (χ4v) is 2.05. The van der Waals surface area contributed by atoms with E-state index in [1.54, 1.807) is 0 Å². The SMILES string of the molecule is CC(C)(C)CCS(=O)(=O)NCC(=O)O. The molecule has 0 aromatic rings. The van der Waals surface area contributed by atoms with Crippen molar-refractivity contribution in [3.63, 3.8) is 0 Å². The molecule has 0 bridgehead atoms. The van der Waals surface area contributed by atoms with Crippen LogP contribution in [0, 0.1) is 5.41 Å². The van der Waals surface area contributed by atoms with Gasteiger partial charge in [0.1, 0.15) is 6.54 Å². The molecule has 0 radical (unpaired) electrons. The summed E-state index contributed by atoms with van der Waals surface area (Å²) in [5.74, 6) is -1.21. The van der Waals surface area contributed by atoms with Gasteiger partial charge in [0.05, 0.1) is 5.75 Å². The van der Waals surface area contributed by atoms with Crippen molar-refractivity contribution in [2.75, 3.05) is 12.3 Å². The van der Waals surface area contributed by atoms with E-state index >= 15 is 0 Å². The standard InChI is InChI=1S/C8H17NO4S/c1-8(2,3)4-5-14(12,13)9-6-7(10)11/h9H,4-6H2,1-3H3,(H,10,11). The van der Waals surface area contributed by atoms with Gasteiger partial charge in [-0.05, 0) is 11.8 Å². The van der Waals surface area contributed by atoms with Crippen LogP contribution in [0.2, 0.25) is 0 Å². The summed E-state index contributed by atoms with van der Waals surface area (Å²) in [6.07, 6.45) is 0.502. The number of hydrogen-bond donors (Lipinski definition) is 2. The van der Waals surface area contributed by atoms with E-state index in [1.807, 2.05) is 25.5 Å². The number of carbonyl (C=O) groups is 1. The van der Waals surface area contributed by atoms with Gasteiger partial charge in [-0.1, -0.05) is 20.8 Å². The lowest BCUT2D eigenvalue weighted by Crippen LogP contribution is -2.32. The van der Waals surface area contributed by atoms with E-state index < -0.39 is 22.5 Å². The molecular weight excluding hydrogens is 206 g/mol. The molecule has 0 saturated carbocycles. The van der Waals surface area contributed by atoms with Gasteiger partial charge in [-0.2, -0.15) is 0 Å². The van der Waals surface area contributed by atoms with Crippen molar-refractivity contribution in [1.29, 1.82) is 0 Å². The highest BCUT2D eigenvalue weighted by atomic mass is 32.2. The summed E-state index contributed by atoms with van der Waals surface area (Å²) in [6, 6.07) is 0. The Morgan fingerprint density at radius 3 is 2.21 bits per heavy atom. The molecule has 2 N–H and O–H groups in total. The van der Waals surface area contributed by atoms with Crippen LogP contribution in [-0.2, 0) is 14.8 Å². The zero-order valence-electron chi connectivity index (χ0n) is 8.70. The molecule has 0 saturated heterocycles. The molecule has 0 rings (SSSR count). The van der Waals surface area contributed by atoms with Crippen molar-refractivity contribution in [3.8, 4) is 0 Å². The van der Waals surface area contributed by atoms with Gasteiger partial charge in [-0.15, -0.1) is 0 Å². The lowest BCUT2D eigenvalue weighted by Gasteiger charge is -2.17. The van der Waals surface area contributed by atoms with Crippen molar-refractivity contribution in [2.45, 2.75) is 27.2 Å². The first-order valence-electron chi connectivity index (χ1n) is 4.31. The number of carboxylic acid groups (broad SMARTS) is 1. The second kappa shape index (κ2) is 4.75. The third kappa shape index (κ3) is 8.00. The maximum Gasteiger partial charge on any atom is 0.318 e. The van der Waals surface area contributed by atoms with Gasteiger partial charge in [0.2, 0.25) is 10.0 Å². The van der Waals surface area contributed by atoms with E-state index in [1.165, 1.54) is 0 Å². The molecule has 0 atom stereocenters. The third-order valence-electron chi connectivity index (χ3n) is 1.56. The van der Waals surface area contributed by atoms with Gasteiger partial charge in [0, 0.05) is 0 Å².